The van der Waals surface area contributed by atoms with Gasteiger partial charge in [-0.2, -0.15) is 0 Å². The van der Waals surface area contributed by atoms with Crippen molar-refractivity contribution in [2.75, 3.05) is 19.5 Å². The Morgan fingerprint density at radius 3 is 2.62 bits per heavy atom. The lowest BCUT2D eigenvalue weighted by atomic mass is 10.2. The Hall–Kier alpha value is -1.96. The lowest BCUT2D eigenvalue weighted by molar-refractivity contribution is 0.415. The number of rotatable bonds is 5. The summed E-state index contributed by atoms with van der Waals surface area (Å²) in [7, 11) is 3.25. The maximum Gasteiger partial charge on any atom is 0.201 e. The molecular weight excluding hydrogens is 360 g/mol. The molecule has 7 heteroatoms. The van der Waals surface area contributed by atoms with Crippen molar-refractivity contribution in [1.29, 1.82) is 0 Å². The summed E-state index contributed by atoms with van der Waals surface area (Å²) in [6.07, 6.45) is 0. The molecule has 0 spiro atoms. The summed E-state index contributed by atoms with van der Waals surface area (Å²) >= 11 is 8.40. The van der Waals surface area contributed by atoms with Crippen molar-refractivity contribution < 1.29 is 9.47 Å². The number of hydrogen-bond donors (Lipinski definition) is 1. The minimum absolute atomic E-state index is 0.515. The number of methoxy groups -OCH3 is 2. The van der Waals surface area contributed by atoms with Crippen LogP contribution >= 0.6 is 34.9 Å². The third-order valence-electron chi connectivity index (χ3n) is 3.43. The van der Waals surface area contributed by atoms with Crippen LogP contribution in [0, 0.1) is 6.92 Å². The Labute approximate surface area is 154 Å². The Morgan fingerprint density at radius 1 is 1.21 bits per heavy atom. The highest BCUT2D eigenvalue weighted by molar-refractivity contribution is 7.80. The van der Waals surface area contributed by atoms with Crippen LogP contribution in [0.5, 0.6) is 5.75 Å². The largest absolute Gasteiger partial charge is 0.497 e. The zero-order valence-electron chi connectivity index (χ0n) is 13.5. The maximum atomic E-state index is 5.20. The Bertz CT molecular complexity index is 853. The van der Waals surface area contributed by atoms with Gasteiger partial charge in [-0.15, -0.1) is 22.7 Å². The zero-order chi connectivity index (χ0) is 17.1. The lowest BCUT2D eigenvalue weighted by Gasteiger charge is -2.03. The first-order valence-electron chi connectivity index (χ1n) is 7.16. The summed E-state index contributed by atoms with van der Waals surface area (Å²) in [6, 6.07) is 9.80. The molecule has 24 heavy (non-hydrogen) atoms. The van der Waals surface area contributed by atoms with Gasteiger partial charge in [-0.25, -0.2) is 4.98 Å². The van der Waals surface area contributed by atoms with Gasteiger partial charge in [-0.1, -0.05) is 0 Å². The standard InChI is InChI=1S/C17H16N2O2S3/c1-10-13(8-15(24-10)16(22)21-3)14-9-23-17(19-14)18-11-4-6-12(20-2)7-5-11/h4-9H,1-3H3,(H,18,19). The number of anilines is 2. The molecule has 0 aliphatic heterocycles. The van der Waals surface area contributed by atoms with Crippen molar-refractivity contribution in [2.45, 2.75) is 6.92 Å². The second-order valence-corrected chi connectivity index (χ2v) is 7.45. The van der Waals surface area contributed by atoms with E-state index < -0.39 is 0 Å². The molecule has 0 radical (unpaired) electrons. The molecule has 3 aromatic rings. The highest BCUT2D eigenvalue weighted by atomic mass is 32.1. The number of aryl methyl sites for hydroxylation is 1. The summed E-state index contributed by atoms with van der Waals surface area (Å²) in [6.45, 7) is 2.07. The molecule has 1 aromatic carbocycles. The van der Waals surface area contributed by atoms with Crippen LogP contribution in [-0.4, -0.2) is 24.3 Å². The molecule has 0 fully saturated rings. The lowest BCUT2D eigenvalue weighted by Crippen LogP contribution is -1.94. The molecule has 0 unspecified atom stereocenters. The van der Waals surface area contributed by atoms with E-state index in [0.29, 0.717) is 5.05 Å². The third-order valence-corrected chi connectivity index (χ3v) is 5.75. The van der Waals surface area contributed by atoms with E-state index in [9.17, 15) is 0 Å². The summed E-state index contributed by atoms with van der Waals surface area (Å²) in [5, 5.41) is 6.71. The van der Waals surface area contributed by atoms with Crippen molar-refractivity contribution in [2.24, 2.45) is 0 Å². The summed E-state index contributed by atoms with van der Waals surface area (Å²) in [4.78, 5) is 6.80. The van der Waals surface area contributed by atoms with Crippen LogP contribution in [0.25, 0.3) is 11.3 Å². The maximum absolute atomic E-state index is 5.20. The van der Waals surface area contributed by atoms with Gasteiger partial charge in [0.2, 0.25) is 5.05 Å². The Balaban J connectivity index is 1.80. The molecule has 124 valence electrons. The first kappa shape index (κ1) is 16.9. The number of nitrogens with zero attached hydrogens (tertiary/aromatic N) is 1. The van der Waals surface area contributed by atoms with E-state index in [4.69, 9.17) is 21.7 Å². The number of nitrogens with one attached hydrogen (secondary N) is 1. The van der Waals surface area contributed by atoms with Crippen LogP contribution in [0.4, 0.5) is 10.8 Å². The van der Waals surface area contributed by atoms with Crippen LogP contribution in [0.2, 0.25) is 0 Å². The molecule has 1 N–H and O–H groups in total. The van der Waals surface area contributed by atoms with Gasteiger partial charge >= 0.3 is 0 Å². The van der Waals surface area contributed by atoms with E-state index in [-0.39, 0.29) is 0 Å². The van der Waals surface area contributed by atoms with Gasteiger partial charge in [0.15, 0.2) is 5.13 Å². The highest BCUT2D eigenvalue weighted by Gasteiger charge is 2.14. The first-order chi connectivity index (χ1) is 11.6. The van der Waals surface area contributed by atoms with Crippen LogP contribution in [0.1, 0.15) is 9.75 Å². The molecule has 0 bridgehead atoms. The van der Waals surface area contributed by atoms with Crippen LogP contribution in [-0.2, 0) is 4.74 Å². The van der Waals surface area contributed by atoms with Gasteiger partial charge in [-0.05, 0) is 49.5 Å². The van der Waals surface area contributed by atoms with E-state index in [0.717, 1.165) is 32.7 Å². The van der Waals surface area contributed by atoms with Crippen molar-refractivity contribution >= 4 is 50.8 Å². The van der Waals surface area contributed by atoms with E-state index in [2.05, 4.69) is 17.2 Å². The molecule has 0 saturated carbocycles. The Kier molecular flexibility index (Phi) is 5.13. The average molecular weight is 377 g/mol. The highest BCUT2D eigenvalue weighted by Crippen LogP contribution is 2.34. The molecule has 3 rings (SSSR count). The monoisotopic (exact) mass is 376 g/mol. The predicted molar refractivity (Wildman–Crippen MR) is 105 cm³/mol. The van der Waals surface area contributed by atoms with E-state index in [1.807, 2.05) is 35.7 Å². The van der Waals surface area contributed by atoms with E-state index >= 15 is 0 Å². The van der Waals surface area contributed by atoms with Gasteiger partial charge in [0, 0.05) is 21.5 Å². The number of thiocarbonyl (C=S) groups is 1. The molecule has 4 nitrogen and oxygen atoms in total. The van der Waals surface area contributed by atoms with E-state index in [1.54, 1.807) is 36.9 Å². The number of benzene rings is 1. The second kappa shape index (κ2) is 7.29. The van der Waals surface area contributed by atoms with Crippen LogP contribution in [0.3, 0.4) is 0 Å². The Morgan fingerprint density at radius 2 is 1.96 bits per heavy atom. The molecule has 2 aromatic heterocycles. The van der Waals surface area contributed by atoms with Gasteiger partial charge in [0.05, 0.1) is 24.8 Å². The average Bonchev–Trinajstić information content (AvgIpc) is 3.21. The minimum Gasteiger partial charge on any atom is -0.497 e. The molecule has 0 amide bonds. The SMILES string of the molecule is COC(=S)c1cc(-c2csc(Nc3ccc(OC)cc3)n2)c(C)s1. The van der Waals surface area contributed by atoms with Gasteiger partial charge < -0.3 is 14.8 Å². The quantitative estimate of drug-likeness (QED) is 0.616. The summed E-state index contributed by atoms with van der Waals surface area (Å²) < 4.78 is 10.3. The third kappa shape index (κ3) is 3.58. The minimum atomic E-state index is 0.515. The van der Waals surface area contributed by atoms with Crippen molar-refractivity contribution in [3.8, 4) is 17.0 Å². The van der Waals surface area contributed by atoms with Gasteiger partial charge in [0.25, 0.3) is 0 Å². The topological polar surface area (TPSA) is 43.4 Å². The molecule has 0 aliphatic carbocycles. The second-order valence-electron chi connectivity index (χ2n) is 4.96. The molecule has 0 aliphatic rings. The van der Waals surface area contributed by atoms with Gasteiger partial charge in [0.1, 0.15) is 5.75 Å². The number of ether oxygens (including phenoxy) is 2. The summed E-state index contributed by atoms with van der Waals surface area (Å²) in [5.74, 6) is 0.830. The smallest absolute Gasteiger partial charge is 0.201 e. The fourth-order valence-corrected chi connectivity index (χ4v) is 4.05. The predicted octanol–water partition coefficient (Wildman–Crippen LogP) is 5.25. The zero-order valence-corrected chi connectivity index (χ0v) is 15.9. The fourth-order valence-electron chi connectivity index (χ4n) is 2.19. The number of aromatic nitrogens is 1. The molecule has 0 atom stereocenters. The van der Waals surface area contributed by atoms with Crippen molar-refractivity contribution in [3.05, 3.63) is 45.5 Å². The number of hydrogen-bond acceptors (Lipinski definition) is 7. The number of thiophene rings is 1. The number of thiazole rings is 1. The first-order valence-corrected chi connectivity index (χ1v) is 9.27. The van der Waals surface area contributed by atoms with Crippen LogP contribution in [0.15, 0.2) is 35.7 Å². The molecule has 0 saturated heterocycles. The normalized spacial score (nSPS) is 10.5. The van der Waals surface area contributed by atoms with Crippen LogP contribution < -0.4 is 10.1 Å². The van der Waals surface area contributed by atoms with Crippen molar-refractivity contribution in [3.63, 3.8) is 0 Å². The van der Waals surface area contributed by atoms with Crippen molar-refractivity contribution in [1.82, 2.24) is 4.98 Å². The fraction of sp³-hybridized carbons (Fsp3) is 0.176. The molecular formula is C17H16N2O2S3. The summed E-state index contributed by atoms with van der Waals surface area (Å²) in [5.41, 5.74) is 3.00. The van der Waals surface area contributed by atoms with E-state index in [1.165, 1.54) is 4.88 Å². The van der Waals surface area contributed by atoms with Gasteiger partial charge in [-0.3, -0.25) is 0 Å². The molecule has 2 heterocycles.